The van der Waals surface area contributed by atoms with Crippen molar-refractivity contribution >= 4 is 34.2 Å². The topological polar surface area (TPSA) is 75.1 Å². The van der Waals surface area contributed by atoms with E-state index in [1.54, 1.807) is 0 Å². The number of aromatic nitrogens is 2. The maximum Gasteiger partial charge on any atom is 0.313 e. The van der Waals surface area contributed by atoms with Gasteiger partial charge in [0, 0.05) is 6.54 Å². The number of rotatable bonds is 9. The maximum atomic E-state index is 10.4. The van der Waals surface area contributed by atoms with Crippen LogP contribution in [-0.4, -0.2) is 33.6 Å². The predicted octanol–water partition coefficient (Wildman–Crippen LogP) is 2.71. The van der Waals surface area contributed by atoms with Gasteiger partial charge in [-0.2, -0.15) is 0 Å². The Balaban J connectivity index is 2.19. The average molecular weight is 275 g/mol. The Morgan fingerprint density at radius 1 is 1.41 bits per heavy atom. The molecular formula is C10H17N3O2S2. The van der Waals surface area contributed by atoms with Crippen molar-refractivity contribution < 1.29 is 9.90 Å². The Bertz CT molecular complexity index is 344. The lowest BCUT2D eigenvalue weighted by atomic mass is 10.2. The molecule has 1 heterocycles. The number of carbonyl (C=O) groups is 1. The van der Waals surface area contributed by atoms with Crippen LogP contribution in [0.2, 0.25) is 0 Å². The highest BCUT2D eigenvalue weighted by atomic mass is 32.2. The summed E-state index contributed by atoms with van der Waals surface area (Å²) in [5, 5.41) is 20.4. The monoisotopic (exact) mass is 275 g/mol. The Morgan fingerprint density at radius 2 is 2.24 bits per heavy atom. The number of unbranched alkanes of at least 4 members (excludes halogenated alkanes) is 3. The zero-order chi connectivity index (χ0) is 12.5. The molecule has 1 aromatic rings. The van der Waals surface area contributed by atoms with Gasteiger partial charge in [0.25, 0.3) is 0 Å². The fourth-order valence-electron chi connectivity index (χ4n) is 1.21. The largest absolute Gasteiger partial charge is 0.481 e. The smallest absolute Gasteiger partial charge is 0.313 e. The first-order valence-corrected chi connectivity index (χ1v) is 7.44. The first kappa shape index (κ1) is 14.2. The molecule has 0 radical (unpaired) electrons. The van der Waals surface area contributed by atoms with Crippen LogP contribution in [0.5, 0.6) is 0 Å². The second-order valence-corrected chi connectivity index (χ2v) is 5.74. The van der Waals surface area contributed by atoms with Crippen LogP contribution in [-0.2, 0) is 4.79 Å². The SMILES string of the molecule is CCCCCCNc1nnc(SCC(=O)O)s1. The molecule has 0 amide bonds. The van der Waals surface area contributed by atoms with E-state index in [2.05, 4.69) is 22.4 Å². The zero-order valence-corrected chi connectivity index (χ0v) is 11.4. The standard InChI is InChI=1S/C10H17N3O2S2/c1-2-3-4-5-6-11-9-12-13-10(17-9)16-7-8(14)15/h2-7H2,1H3,(H,11,12)(H,14,15). The summed E-state index contributed by atoms with van der Waals surface area (Å²) in [6, 6.07) is 0. The van der Waals surface area contributed by atoms with Crippen molar-refractivity contribution in [3.63, 3.8) is 0 Å². The Kier molecular flexibility index (Phi) is 6.95. The number of nitrogens with zero attached hydrogens (tertiary/aromatic N) is 2. The van der Waals surface area contributed by atoms with E-state index in [0.29, 0.717) is 4.34 Å². The highest BCUT2D eigenvalue weighted by Gasteiger charge is 2.06. The summed E-state index contributed by atoms with van der Waals surface area (Å²) in [4.78, 5) is 10.4. The van der Waals surface area contributed by atoms with Gasteiger partial charge in [0.05, 0.1) is 5.75 Å². The molecule has 0 spiro atoms. The molecule has 1 aromatic heterocycles. The molecule has 1 rings (SSSR count). The van der Waals surface area contributed by atoms with Gasteiger partial charge in [-0.05, 0) is 6.42 Å². The van der Waals surface area contributed by atoms with Crippen LogP contribution in [0.1, 0.15) is 32.6 Å². The number of hydrogen-bond donors (Lipinski definition) is 2. The number of anilines is 1. The zero-order valence-electron chi connectivity index (χ0n) is 9.81. The van der Waals surface area contributed by atoms with E-state index >= 15 is 0 Å². The van der Waals surface area contributed by atoms with Gasteiger partial charge in [-0.3, -0.25) is 4.79 Å². The fourth-order valence-corrected chi connectivity index (χ4v) is 2.71. The minimum atomic E-state index is -0.834. The first-order chi connectivity index (χ1) is 8.22. The van der Waals surface area contributed by atoms with Gasteiger partial charge in [-0.1, -0.05) is 49.3 Å². The highest BCUT2D eigenvalue weighted by molar-refractivity contribution is 8.01. The third-order valence-electron chi connectivity index (χ3n) is 2.03. The molecule has 0 saturated carbocycles. The number of thioether (sulfide) groups is 1. The van der Waals surface area contributed by atoms with Crippen molar-refractivity contribution in [3.8, 4) is 0 Å². The molecule has 2 N–H and O–H groups in total. The van der Waals surface area contributed by atoms with Gasteiger partial charge in [-0.25, -0.2) is 0 Å². The third kappa shape index (κ3) is 6.48. The van der Waals surface area contributed by atoms with E-state index in [4.69, 9.17) is 5.11 Å². The summed E-state index contributed by atoms with van der Waals surface area (Å²) in [7, 11) is 0. The third-order valence-corrected chi connectivity index (χ3v) is 4.03. The normalized spacial score (nSPS) is 10.4. The molecule has 5 nitrogen and oxygen atoms in total. The van der Waals surface area contributed by atoms with Crippen LogP contribution in [0.25, 0.3) is 0 Å². The van der Waals surface area contributed by atoms with Crippen LogP contribution in [0, 0.1) is 0 Å². The summed E-state index contributed by atoms with van der Waals surface area (Å²) < 4.78 is 0.698. The van der Waals surface area contributed by atoms with Crippen LogP contribution in [0.4, 0.5) is 5.13 Å². The van der Waals surface area contributed by atoms with Gasteiger partial charge in [0.1, 0.15) is 0 Å². The van der Waals surface area contributed by atoms with E-state index in [0.717, 1.165) is 18.1 Å². The molecule has 0 atom stereocenters. The van der Waals surface area contributed by atoms with Crippen LogP contribution < -0.4 is 5.32 Å². The number of hydrogen-bond acceptors (Lipinski definition) is 6. The molecule has 7 heteroatoms. The molecule has 0 aliphatic carbocycles. The lowest BCUT2D eigenvalue weighted by Crippen LogP contribution is -2.00. The van der Waals surface area contributed by atoms with Crippen molar-refractivity contribution in [2.45, 2.75) is 36.9 Å². The lowest BCUT2D eigenvalue weighted by molar-refractivity contribution is -0.133. The number of aliphatic carboxylic acids is 1. The molecule has 0 aromatic carbocycles. The van der Waals surface area contributed by atoms with Crippen LogP contribution in [0.3, 0.4) is 0 Å². The second-order valence-electron chi connectivity index (χ2n) is 3.54. The van der Waals surface area contributed by atoms with Gasteiger partial charge in [-0.15, -0.1) is 10.2 Å². The van der Waals surface area contributed by atoms with Gasteiger partial charge in [0.2, 0.25) is 5.13 Å². The van der Waals surface area contributed by atoms with E-state index in [1.807, 2.05) is 0 Å². The molecular weight excluding hydrogens is 258 g/mol. The quantitative estimate of drug-likeness (QED) is 0.533. The minimum absolute atomic E-state index is 0.0329. The van der Waals surface area contributed by atoms with E-state index in [1.165, 1.54) is 42.4 Å². The fraction of sp³-hybridized carbons (Fsp3) is 0.700. The molecule has 17 heavy (non-hydrogen) atoms. The van der Waals surface area contributed by atoms with Crippen LogP contribution in [0.15, 0.2) is 4.34 Å². The Labute approximate surface area is 109 Å². The summed E-state index contributed by atoms with van der Waals surface area (Å²) >= 11 is 2.61. The second kappa shape index (κ2) is 8.30. The van der Waals surface area contributed by atoms with Crippen molar-refractivity contribution in [1.29, 1.82) is 0 Å². The molecule has 96 valence electrons. The molecule has 0 fully saturated rings. The van der Waals surface area contributed by atoms with Crippen molar-refractivity contribution in [2.24, 2.45) is 0 Å². The Hall–Kier alpha value is -0.820. The summed E-state index contributed by atoms with van der Waals surface area (Å²) in [6.45, 7) is 3.09. The lowest BCUT2D eigenvalue weighted by Gasteiger charge is -2.00. The summed E-state index contributed by atoms with van der Waals surface area (Å²) in [5.74, 6) is -0.801. The number of carboxylic acids is 1. The van der Waals surface area contributed by atoms with Gasteiger partial charge in [0.15, 0.2) is 4.34 Å². The average Bonchev–Trinajstić information content (AvgIpc) is 2.74. The van der Waals surface area contributed by atoms with Crippen LogP contribution >= 0.6 is 23.1 Å². The maximum absolute atomic E-state index is 10.4. The molecule has 0 bridgehead atoms. The van der Waals surface area contributed by atoms with Gasteiger partial charge >= 0.3 is 5.97 Å². The Morgan fingerprint density at radius 3 is 2.94 bits per heavy atom. The van der Waals surface area contributed by atoms with E-state index in [9.17, 15) is 4.79 Å². The molecule has 0 aliphatic heterocycles. The molecule has 0 aliphatic rings. The summed E-state index contributed by atoms with van der Waals surface area (Å²) in [6.07, 6.45) is 4.85. The van der Waals surface area contributed by atoms with Gasteiger partial charge < -0.3 is 10.4 Å². The number of nitrogens with one attached hydrogen (secondary N) is 1. The van der Waals surface area contributed by atoms with Crippen molar-refractivity contribution in [2.75, 3.05) is 17.6 Å². The molecule has 0 saturated heterocycles. The number of carboxylic acid groups (broad SMARTS) is 1. The molecule has 0 unspecified atom stereocenters. The van der Waals surface area contributed by atoms with E-state index < -0.39 is 5.97 Å². The van der Waals surface area contributed by atoms with Crippen molar-refractivity contribution in [1.82, 2.24) is 10.2 Å². The summed E-state index contributed by atoms with van der Waals surface area (Å²) in [5.41, 5.74) is 0. The predicted molar refractivity (Wildman–Crippen MR) is 70.9 cm³/mol. The minimum Gasteiger partial charge on any atom is -0.481 e. The first-order valence-electron chi connectivity index (χ1n) is 5.64. The van der Waals surface area contributed by atoms with Crippen molar-refractivity contribution in [3.05, 3.63) is 0 Å². The highest BCUT2D eigenvalue weighted by Crippen LogP contribution is 2.25. The van der Waals surface area contributed by atoms with E-state index in [-0.39, 0.29) is 5.75 Å².